The first-order valence-corrected chi connectivity index (χ1v) is 9.40. The maximum Gasteiger partial charge on any atom is 0.0248 e. The van der Waals surface area contributed by atoms with Crippen LogP contribution in [0.5, 0.6) is 0 Å². The third-order valence-corrected chi connectivity index (χ3v) is 5.26. The predicted molar refractivity (Wildman–Crippen MR) is 99.4 cm³/mol. The lowest BCUT2D eigenvalue weighted by atomic mass is 9.86. The molecule has 1 saturated carbocycles. The summed E-state index contributed by atoms with van der Waals surface area (Å²) in [6, 6.07) is 1.50. The minimum Gasteiger partial charge on any atom is -0.302 e. The summed E-state index contributed by atoms with van der Waals surface area (Å²) in [5.74, 6) is 0. The first kappa shape index (κ1) is 20.0. The Morgan fingerprint density at radius 1 is 0.682 bits per heavy atom. The van der Waals surface area contributed by atoms with Crippen molar-refractivity contribution in [1.82, 2.24) is 9.80 Å². The molecule has 132 valence electrons. The van der Waals surface area contributed by atoms with E-state index in [2.05, 4.69) is 65.4 Å². The highest BCUT2D eigenvalue weighted by Crippen LogP contribution is 2.29. The number of hydrogen-bond donors (Lipinski definition) is 0. The zero-order chi connectivity index (χ0) is 17.0. The number of rotatable bonds is 6. The van der Waals surface area contributed by atoms with E-state index in [1.54, 1.807) is 0 Å². The second-order valence-corrected chi connectivity index (χ2v) is 10.0. The minimum atomic E-state index is 0.441. The molecule has 0 amide bonds. The van der Waals surface area contributed by atoms with Gasteiger partial charge in [0.15, 0.2) is 0 Å². The van der Waals surface area contributed by atoms with E-state index in [1.807, 2.05) is 0 Å². The third-order valence-electron chi connectivity index (χ3n) is 5.26. The molecule has 0 N–H and O–H groups in total. The van der Waals surface area contributed by atoms with Gasteiger partial charge in [-0.15, -0.1) is 0 Å². The lowest BCUT2D eigenvalue weighted by molar-refractivity contribution is 0.0655. The Bertz CT molecular complexity index is 279. The van der Waals surface area contributed by atoms with Crippen LogP contribution in [0.4, 0.5) is 0 Å². The highest BCUT2D eigenvalue weighted by Gasteiger charge is 2.31. The lowest BCUT2D eigenvalue weighted by Gasteiger charge is -2.43. The second kappa shape index (κ2) is 8.15. The molecule has 0 spiro atoms. The average Bonchev–Trinajstić information content (AvgIpc) is 2.40. The minimum absolute atomic E-state index is 0.441. The van der Waals surface area contributed by atoms with Gasteiger partial charge in [0.1, 0.15) is 0 Å². The maximum absolute atomic E-state index is 2.66. The van der Waals surface area contributed by atoms with E-state index < -0.39 is 0 Å². The van der Waals surface area contributed by atoms with E-state index in [4.69, 9.17) is 0 Å². The predicted octanol–water partition coefficient (Wildman–Crippen LogP) is 5.03. The molecular weight excluding hydrogens is 268 g/mol. The van der Waals surface area contributed by atoms with Gasteiger partial charge >= 0.3 is 0 Å². The Balaban J connectivity index is 2.58. The van der Waals surface area contributed by atoms with Crippen LogP contribution >= 0.6 is 0 Å². The van der Waals surface area contributed by atoms with Crippen LogP contribution < -0.4 is 0 Å². The Morgan fingerprint density at radius 3 is 1.27 bits per heavy atom. The second-order valence-electron chi connectivity index (χ2n) is 10.0. The standard InChI is InChI=1S/C20H42N2/c1-19(2,3)13-15-21(7)17-11-9-10-12-18(17)22(8)16-14-20(4,5)6/h17-18H,9-16H2,1-8H3/t17-,18-/m1/s1. The molecule has 0 aromatic heterocycles. The van der Waals surface area contributed by atoms with Crippen molar-refractivity contribution in [3.8, 4) is 0 Å². The molecule has 0 unspecified atom stereocenters. The summed E-state index contributed by atoms with van der Waals surface area (Å²) in [7, 11) is 4.71. The maximum atomic E-state index is 2.66. The molecular formula is C20H42N2. The molecule has 22 heavy (non-hydrogen) atoms. The van der Waals surface area contributed by atoms with E-state index in [0.29, 0.717) is 10.8 Å². The molecule has 1 aliphatic rings. The summed E-state index contributed by atoms with van der Waals surface area (Å²) < 4.78 is 0. The zero-order valence-corrected chi connectivity index (χ0v) is 16.7. The summed E-state index contributed by atoms with van der Waals surface area (Å²) in [4.78, 5) is 5.31. The van der Waals surface area contributed by atoms with Crippen molar-refractivity contribution in [2.45, 2.75) is 92.2 Å². The third kappa shape index (κ3) is 7.46. The van der Waals surface area contributed by atoms with Gasteiger partial charge in [-0.3, -0.25) is 0 Å². The smallest absolute Gasteiger partial charge is 0.0248 e. The fourth-order valence-electron chi connectivity index (χ4n) is 3.48. The van der Waals surface area contributed by atoms with Gasteiger partial charge in [-0.1, -0.05) is 54.4 Å². The molecule has 0 bridgehead atoms. The Morgan fingerprint density at radius 2 is 1.00 bits per heavy atom. The summed E-state index contributed by atoms with van der Waals surface area (Å²) >= 11 is 0. The number of nitrogens with zero attached hydrogens (tertiary/aromatic N) is 2. The molecule has 2 atom stereocenters. The van der Waals surface area contributed by atoms with Crippen LogP contribution in [0.3, 0.4) is 0 Å². The van der Waals surface area contributed by atoms with Crippen molar-refractivity contribution in [3.63, 3.8) is 0 Å². The average molecular weight is 311 g/mol. The fraction of sp³-hybridized carbons (Fsp3) is 1.00. The molecule has 1 rings (SSSR count). The first-order chi connectivity index (χ1) is 9.99. The summed E-state index contributed by atoms with van der Waals surface area (Å²) in [6.07, 6.45) is 8.16. The quantitative estimate of drug-likeness (QED) is 0.678. The van der Waals surface area contributed by atoms with Crippen molar-refractivity contribution in [2.75, 3.05) is 27.2 Å². The molecule has 1 aliphatic carbocycles. The van der Waals surface area contributed by atoms with Crippen molar-refractivity contribution >= 4 is 0 Å². The van der Waals surface area contributed by atoms with Gasteiger partial charge < -0.3 is 9.80 Å². The van der Waals surface area contributed by atoms with Gasteiger partial charge in [-0.2, -0.15) is 0 Å². The number of hydrogen-bond acceptors (Lipinski definition) is 2. The normalized spacial score (nSPS) is 24.3. The van der Waals surface area contributed by atoms with E-state index >= 15 is 0 Å². The van der Waals surface area contributed by atoms with E-state index in [-0.39, 0.29) is 0 Å². The largest absolute Gasteiger partial charge is 0.302 e. The molecule has 0 aromatic carbocycles. The molecule has 2 heteroatoms. The fourth-order valence-corrected chi connectivity index (χ4v) is 3.48. The van der Waals surface area contributed by atoms with Gasteiger partial charge in [0.2, 0.25) is 0 Å². The highest BCUT2D eigenvalue weighted by atomic mass is 15.2. The van der Waals surface area contributed by atoms with Crippen molar-refractivity contribution in [3.05, 3.63) is 0 Å². The summed E-state index contributed by atoms with van der Waals surface area (Å²) in [5.41, 5.74) is 0.882. The van der Waals surface area contributed by atoms with Crippen molar-refractivity contribution in [1.29, 1.82) is 0 Å². The Hall–Kier alpha value is -0.0800. The van der Waals surface area contributed by atoms with Crippen LogP contribution in [0.15, 0.2) is 0 Å². The molecule has 0 radical (unpaired) electrons. The van der Waals surface area contributed by atoms with Crippen molar-refractivity contribution in [2.24, 2.45) is 10.8 Å². The van der Waals surface area contributed by atoms with Crippen molar-refractivity contribution < 1.29 is 0 Å². The van der Waals surface area contributed by atoms with Gasteiger partial charge in [0.05, 0.1) is 0 Å². The zero-order valence-electron chi connectivity index (χ0n) is 16.7. The SMILES string of the molecule is CN(CCC(C)(C)C)[C@@H]1CCCC[C@H]1N(C)CCC(C)(C)C. The van der Waals surface area contributed by atoms with Crippen LogP contribution in [-0.4, -0.2) is 49.1 Å². The lowest BCUT2D eigenvalue weighted by Crippen LogP contribution is -2.52. The molecule has 0 saturated heterocycles. The first-order valence-electron chi connectivity index (χ1n) is 9.40. The summed E-state index contributed by atoms with van der Waals surface area (Å²) in [5, 5.41) is 0. The van der Waals surface area contributed by atoms with Gasteiger partial charge in [-0.25, -0.2) is 0 Å². The highest BCUT2D eigenvalue weighted by molar-refractivity contribution is 4.88. The molecule has 0 aromatic rings. The number of likely N-dealkylation sites (N-methyl/N-ethyl adjacent to an activating group) is 2. The van der Waals surface area contributed by atoms with E-state index in [0.717, 1.165) is 12.1 Å². The summed E-state index contributed by atoms with van der Waals surface area (Å²) in [6.45, 7) is 16.6. The molecule has 0 heterocycles. The van der Waals surface area contributed by atoms with Gasteiger partial charge in [0.25, 0.3) is 0 Å². The Kier molecular flexibility index (Phi) is 7.39. The van der Waals surface area contributed by atoms with Gasteiger partial charge in [-0.05, 0) is 63.7 Å². The Labute approximate surface area is 140 Å². The van der Waals surface area contributed by atoms with Crippen LogP contribution in [-0.2, 0) is 0 Å². The van der Waals surface area contributed by atoms with Crippen LogP contribution in [0, 0.1) is 10.8 Å². The van der Waals surface area contributed by atoms with Crippen LogP contribution in [0.25, 0.3) is 0 Å². The molecule has 0 aliphatic heterocycles. The van der Waals surface area contributed by atoms with Crippen LogP contribution in [0.1, 0.15) is 80.1 Å². The van der Waals surface area contributed by atoms with E-state index in [1.165, 1.54) is 51.6 Å². The van der Waals surface area contributed by atoms with Crippen LogP contribution in [0.2, 0.25) is 0 Å². The monoisotopic (exact) mass is 310 g/mol. The molecule has 1 fully saturated rings. The molecule has 2 nitrogen and oxygen atoms in total. The van der Waals surface area contributed by atoms with Gasteiger partial charge in [0, 0.05) is 12.1 Å². The van der Waals surface area contributed by atoms with E-state index in [9.17, 15) is 0 Å². The topological polar surface area (TPSA) is 6.48 Å².